The molecule has 27 heavy (non-hydrogen) atoms. The number of amides is 1. The molecule has 144 valence electrons. The second-order valence-corrected chi connectivity index (χ2v) is 9.35. The molecule has 0 bridgehead atoms. The third-order valence-electron chi connectivity index (χ3n) is 4.47. The van der Waals surface area contributed by atoms with Crippen LogP contribution in [0.2, 0.25) is 0 Å². The summed E-state index contributed by atoms with van der Waals surface area (Å²) in [5.74, 6) is -1.74. The average molecular weight is 409 g/mol. The zero-order valence-corrected chi connectivity index (χ0v) is 16.1. The van der Waals surface area contributed by atoms with Gasteiger partial charge in [-0.15, -0.1) is 11.3 Å². The Labute approximate surface area is 161 Å². The molecule has 1 aliphatic heterocycles. The van der Waals surface area contributed by atoms with Crippen molar-refractivity contribution >= 4 is 33.2 Å². The summed E-state index contributed by atoms with van der Waals surface area (Å²) in [5.41, 5.74) is 5.89. The lowest BCUT2D eigenvalue weighted by molar-refractivity contribution is -0.160. The SMILES string of the molecule is NC(=O)C(OC(=O)C1CCN(S(=O)(=O)c2cccs2)CC1)c1ccccc1. The Morgan fingerprint density at radius 3 is 2.33 bits per heavy atom. The predicted octanol–water partition coefficient (Wildman–Crippen LogP) is 1.92. The van der Waals surface area contributed by atoms with Gasteiger partial charge < -0.3 is 10.5 Å². The standard InChI is InChI=1S/C18H20N2O5S2/c19-17(21)16(13-5-2-1-3-6-13)25-18(22)14-8-10-20(11-9-14)27(23,24)15-7-4-12-26-15/h1-7,12,14,16H,8-11H2,(H2,19,21). The molecule has 9 heteroatoms. The number of thiophene rings is 1. The van der Waals surface area contributed by atoms with Gasteiger partial charge in [-0.3, -0.25) is 9.59 Å². The van der Waals surface area contributed by atoms with Crippen molar-refractivity contribution in [1.29, 1.82) is 0 Å². The van der Waals surface area contributed by atoms with Crippen LogP contribution in [0.1, 0.15) is 24.5 Å². The van der Waals surface area contributed by atoms with E-state index in [2.05, 4.69) is 0 Å². The van der Waals surface area contributed by atoms with E-state index in [1.165, 1.54) is 15.6 Å². The van der Waals surface area contributed by atoms with Crippen molar-refractivity contribution in [3.05, 3.63) is 53.4 Å². The van der Waals surface area contributed by atoms with Crippen LogP contribution in [0.15, 0.2) is 52.1 Å². The lowest BCUT2D eigenvalue weighted by Gasteiger charge is -2.30. The molecule has 1 fully saturated rings. The summed E-state index contributed by atoms with van der Waals surface area (Å²) in [5, 5.41) is 1.71. The molecule has 0 saturated carbocycles. The van der Waals surface area contributed by atoms with Crippen molar-refractivity contribution < 1.29 is 22.7 Å². The highest BCUT2D eigenvalue weighted by Gasteiger charge is 2.35. The first-order valence-corrected chi connectivity index (χ1v) is 10.8. The molecule has 0 aliphatic carbocycles. The van der Waals surface area contributed by atoms with Crippen molar-refractivity contribution in [3.8, 4) is 0 Å². The Morgan fingerprint density at radius 2 is 1.78 bits per heavy atom. The van der Waals surface area contributed by atoms with Crippen molar-refractivity contribution in [2.75, 3.05) is 13.1 Å². The number of hydrogen-bond donors (Lipinski definition) is 1. The van der Waals surface area contributed by atoms with E-state index < -0.39 is 33.9 Å². The van der Waals surface area contributed by atoms with E-state index in [0.717, 1.165) is 0 Å². The van der Waals surface area contributed by atoms with Crippen LogP contribution in [0.5, 0.6) is 0 Å². The Hall–Kier alpha value is -2.23. The summed E-state index contributed by atoms with van der Waals surface area (Å²) < 4.78 is 32.1. The molecule has 2 heterocycles. The van der Waals surface area contributed by atoms with Crippen LogP contribution in [-0.2, 0) is 24.3 Å². The van der Waals surface area contributed by atoms with E-state index in [1.54, 1.807) is 47.8 Å². The second kappa shape index (κ2) is 8.20. The summed E-state index contributed by atoms with van der Waals surface area (Å²) in [7, 11) is -3.52. The van der Waals surface area contributed by atoms with E-state index in [4.69, 9.17) is 10.5 Å². The maximum absolute atomic E-state index is 12.5. The van der Waals surface area contributed by atoms with Crippen molar-refractivity contribution in [3.63, 3.8) is 0 Å². The molecule has 0 spiro atoms. The average Bonchev–Trinajstić information content (AvgIpc) is 3.22. The number of benzene rings is 1. The van der Waals surface area contributed by atoms with Crippen molar-refractivity contribution in [1.82, 2.24) is 4.31 Å². The van der Waals surface area contributed by atoms with Gasteiger partial charge in [-0.1, -0.05) is 36.4 Å². The van der Waals surface area contributed by atoms with Crippen LogP contribution < -0.4 is 5.73 Å². The van der Waals surface area contributed by atoms with Crippen LogP contribution >= 0.6 is 11.3 Å². The van der Waals surface area contributed by atoms with Crippen molar-refractivity contribution in [2.45, 2.75) is 23.2 Å². The predicted molar refractivity (Wildman–Crippen MR) is 100 cm³/mol. The zero-order valence-electron chi connectivity index (χ0n) is 14.5. The monoisotopic (exact) mass is 408 g/mol. The molecule has 2 aromatic rings. The fraction of sp³-hybridized carbons (Fsp3) is 0.333. The van der Waals surface area contributed by atoms with E-state index in [9.17, 15) is 18.0 Å². The maximum atomic E-state index is 12.5. The number of ether oxygens (including phenoxy) is 1. The smallest absolute Gasteiger partial charge is 0.310 e. The third-order valence-corrected chi connectivity index (χ3v) is 7.74. The van der Waals surface area contributed by atoms with Gasteiger partial charge in [-0.05, 0) is 24.3 Å². The highest BCUT2D eigenvalue weighted by Crippen LogP contribution is 2.28. The summed E-state index contributed by atoms with van der Waals surface area (Å²) in [6, 6.07) is 11.8. The molecule has 0 radical (unpaired) electrons. The molecule has 1 aliphatic rings. The van der Waals surface area contributed by atoms with Gasteiger partial charge >= 0.3 is 5.97 Å². The molecule has 2 N–H and O–H groups in total. The number of primary amides is 1. The van der Waals surface area contributed by atoms with Gasteiger partial charge in [0.25, 0.3) is 15.9 Å². The molecule has 3 rings (SSSR count). The Morgan fingerprint density at radius 1 is 1.11 bits per heavy atom. The first-order valence-electron chi connectivity index (χ1n) is 8.48. The van der Waals surface area contributed by atoms with Gasteiger partial charge in [-0.25, -0.2) is 8.42 Å². The number of carbonyl (C=O) groups excluding carboxylic acids is 2. The molecule has 1 aromatic carbocycles. The highest BCUT2D eigenvalue weighted by atomic mass is 32.2. The second-order valence-electron chi connectivity index (χ2n) is 6.24. The van der Waals surface area contributed by atoms with E-state index in [-0.39, 0.29) is 13.1 Å². The van der Waals surface area contributed by atoms with E-state index in [0.29, 0.717) is 22.6 Å². The Bertz CT molecular complexity index is 889. The Kier molecular flexibility index (Phi) is 5.93. The quantitative estimate of drug-likeness (QED) is 0.735. The van der Waals surface area contributed by atoms with Crippen LogP contribution in [0, 0.1) is 5.92 Å². The van der Waals surface area contributed by atoms with Crippen molar-refractivity contribution in [2.24, 2.45) is 11.7 Å². The van der Waals surface area contributed by atoms with Gasteiger partial charge in [0, 0.05) is 18.7 Å². The summed E-state index contributed by atoms with van der Waals surface area (Å²) in [4.78, 5) is 24.2. The van der Waals surface area contributed by atoms with E-state index >= 15 is 0 Å². The Balaban J connectivity index is 1.62. The number of sulfonamides is 1. The maximum Gasteiger partial charge on any atom is 0.310 e. The molecule has 1 unspecified atom stereocenters. The van der Waals surface area contributed by atoms with Crippen LogP contribution in [0.4, 0.5) is 0 Å². The van der Waals surface area contributed by atoms with Gasteiger partial charge in [0.2, 0.25) is 6.10 Å². The topological polar surface area (TPSA) is 107 Å². The molecular formula is C18H20N2O5S2. The van der Waals surface area contributed by atoms with Crippen LogP contribution in [0.3, 0.4) is 0 Å². The number of esters is 1. The number of carbonyl (C=O) groups is 2. The third kappa shape index (κ3) is 4.37. The van der Waals surface area contributed by atoms with Crippen LogP contribution in [-0.4, -0.2) is 37.7 Å². The lowest BCUT2D eigenvalue weighted by Crippen LogP contribution is -2.41. The number of piperidine rings is 1. The number of hydrogen-bond acceptors (Lipinski definition) is 6. The first kappa shape index (κ1) is 19.5. The molecule has 7 nitrogen and oxygen atoms in total. The van der Waals surface area contributed by atoms with Gasteiger partial charge in [0.05, 0.1) is 5.92 Å². The summed E-state index contributed by atoms with van der Waals surface area (Å²) >= 11 is 1.17. The van der Waals surface area contributed by atoms with Gasteiger partial charge in [0.15, 0.2) is 0 Å². The minimum absolute atomic E-state index is 0.229. The molecule has 1 atom stereocenters. The molecule has 1 aromatic heterocycles. The minimum Gasteiger partial charge on any atom is -0.447 e. The first-order chi connectivity index (χ1) is 12.9. The number of nitrogens with zero attached hydrogens (tertiary/aromatic N) is 1. The lowest BCUT2D eigenvalue weighted by atomic mass is 9.98. The van der Waals surface area contributed by atoms with Gasteiger partial charge in [-0.2, -0.15) is 4.31 Å². The van der Waals surface area contributed by atoms with E-state index in [1.807, 2.05) is 0 Å². The fourth-order valence-corrected chi connectivity index (χ4v) is 5.61. The largest absolute Gasteiger partial charge is 0.447 e. The number of nitrogens with two attached hydrogens (primary N) is 1. The summed E-state index contributed by atoms with van der Waals surface area (Å²) in [6.07, 6.45) is -0.473. The fourth-order valence-electron chi connectivity index (χ4n) is 3.00. The van der Waals surface area contributed by atoms with Crippen LogP contribution in [0.25, 0.3) is 0 Å². The zero-order chi connectivity index (χ0) is 19.4. The molecule has 1 amide bonds. The normalized spacial score (nSPS) is 17.3. The minimum atomic E-state index is -3.52. The summed E-state index contributed by atoms with van der Waals surface area (Å²) in [6.45, 7) is 0.457. The molecule has 1 saturated heterocycles. The highest BCUT2D eigenvalue weighted by molar-refractivity contribution is 7.91. The number of rotatable bonds is 6. The molecular weight excluding hydrogens is 388 g/mol. The van der Waals surface area contributed by atoms with Gasteiger partial charge in [0.1, 0.15) is 4.21 Å².